The summed E-state index contributed by atoms with van der Waals surface area (Å²) in [5.41, 5.74) is 3.51. The number of aliphatic carboxylic acids is 1. The smallest absolute Gasteiger partial charge is 0.475 e. The maximum atomic E-state index is 13.0. The molecule has 2 aromatic rings. The van der Waals surface area contributed by atoms with Crippen molar-refractivity contribution in [3.05, 3.63) is 58.7 Å². The number of benzene rings is 2. The number of carboxylic acids is 1. The number of nitrogens with one attached hydrogen (secondary N) is 2. The third-order valence-electron chi connectivity index (χ3n) is 7.26. The summed E-state index contributed by atoms with van der Waals surface area (Å²) in [5.74, 6) is -2.56. The molecule has 224 valence electrons. The largest absolute Gasteiger partial charge is 0.490 e. The Morgan fingerprint density at radius 2 is 1.61 bits per heavy atom. The molecule has 13 heteroatoms. The number of halogens is 3. The molecular weight excluding hydrogens is 563 g/mol. The fraction of sp³-hybridized carbons (Fsp3) is 0.464. The predicted molar refractivity (Wildman–Crippen MR) is 146 cm³/mol. The first kappa shape index (κ1) is 31.9. The first-order valence-corrected chi connectivity index (χ1v) is 14.6. The van der Waals surface area contributed by atoms with Crippen LogP contribution in [0.25, 0.3) is 0 Å². The third-order valence-corrected chi connectivity index (χ3v) is 8.78. The van der Waals surface area contributed by atoms with Crippen LogP contribution in [0.2, 0.25) is 0 Å². The van der Waals surface area contributed by atoms with E-state index in [0.717, 1.165) is 48.9 Å². The number of anilines is 1. The normalized spacial score (nSPS) is 16.0. The Bertz CT molecular complexity index is 1400. The first-order chi connectivity index (χ1) is 19.1. The Balaban J connectivity index is 0.000000587. The summed E-state index contributed by atoms with van der Waals surface area (Å²) in [6, 6.07) is 10.7. The van der Waals surface area contributed by atoms with Crippen molar-refractivity contribution in [2.75, 3.05) is 24.4 Å². The van der Waals surface area contributed by atoms with Crippen molar-refractivity contribution in [1.29, 1.82) is 0 Å². The number of alkyl halides is 3. The minimum Gasteiger partial charge on any atom is -0.475 e. The van der Waals surface area contributed by atoms with Gasteiger partial charge in [0.2, 0.25) is 11.8 Å². The molecule has 0 aromatic heterocycles. The maximum Gasteiger partial charge on any atom is 0.490 e. The van der Waals surface area contributed by atoms with E-state index >= 15 is 0 Å². The van der Waals surface area contributed by atoms with Gasteiger partial charge in [-0.2, -0.15) is 13.2 Å². The molecule has 2 aliphatic rings. The van der Waals surface area contributed by atoms with Crippen molar-refractivity contribution >= 4 is 33.5 Å². The van der Waals surface area contributed by atoms with Crippen LogP contribution in [0.1, 0.15) is 54.4 Å². The molecule has 2 amide bonds. The summed E-state index contributed by atoms with van der Waals surface area (Å²) in [6.45, 7) is 7.69. The molecule has 0 atom stereocenters. The number of carboxylic acid groups (broad SMARTS) is 1. The number of aryl methyl sites for hydroxylation is 3. The number of sulfonamides is 1. The zero-order valence-corrected chi connectivity index (χ0v) is 23.9. The lowest BCUT2D eigenvalue weighted by Gasteiger charge is -2.18. The zero-order chi connectivity index (χ0) is 30.6. The molecule has 41 heavy (non-hydrogen) atoms. The highest BCUT2D eigenvalue weighted by Crippen LogP contribution is 2.48. The SMILES string of the molecule is Cc1cc(C)c(S(=O)(=O)Nc2ccc(C3(C(=O)NCCCN4CCCC4=O)CC3)cc2)cc1C.O=C(O)C(F)(F)F. The second-order valence-corrected chi connectivity index (χ2v) is 12.0. The molecule has 0 unspecified atom stereocenters. The van der Waals surface area contributed by atoms with Crippen molar-refractivity contribution < 1.29 is 41.1 Å². The van der Waals surface area contributed by atoms with Crippen LogP contribution in [-0.4, -0.2) is 62.0 Å². The average molecular weight is 598 g/mol. The van der Waals surface area contributed by atoms with Gasteiger partial charge in [-0.05, 0) is 86.9 Å². The van der Waals surface area contributed by atoms with Gasteiger partial charge >= 0.3 is 12.1 Å². The molecular formula is C28H34F3N3O6S. The number of carbonyl (C=O) groups excluding carboxylic acids is 2. The number of carbonyl (C=O) groups is 3. The number of likely N-dealkylation sites (tertiary alicyclic amines) is 1. The van der Waals surface area contributed by atoms with Gasteiger partial charge < -0.3 is 15.3 Å². The number of hydrogen-bond donors (Lipinski definition) is 3. The van der Waals surface area contributed by atoms with Crippen molar-refractivity contribution in [3.8, 4) is 0 Å². The third kappa shape index (κ3) is 7.99. The zero-order valence-electron chi connectivity index (χ0n) is 23.1. The fourth-order valence-electron chi connectivity index (χ4n) is 4.64. The van der Waals surface area contributed by atoms with Gasteiger partial charge in [-0.15, -0.1) is 0 Å². The minimum absolute atomic E-state index is 0.000616. The van der Waals surface area contributed by atoms with Crippen LogP contribution in [0.15, 0.2) is 41.3 Å². The molecule has 4 rings (SSSR count). The molecule has 0 spiro atoms. The highest BCUT2D eigenvalue weighted by atomic mass is 32.2. The van der Waals surface area contributed by atoms with E-state index in [0.29, 0.717) is 30.8 Å². The summed E-state index contributed by atoms with van der Waals surface area (Å²) < 4.78 is 60.3. The lowest BCUT2D eigenvalue weighted by molar-refractivity contribution is -0.192. The maximum absolute atomic E-state index is 13.0. The highest BCUT2D eigenvalue weighted by Gasteiger charge is 2.51. The average Bonchev–Trinajstić information content (AvgIpc) is 3.60. The van der Waals surface area contributed by atoms with Crippen LogP contribution in [0.4, 0.5) is 18.9 Å². The van der Waals surface area contributed by atoms with E-state index in [1.807, 2.05) is 36.9 Å². The summed E-state index contributed by atoms with van der Waals surface area (Å²) in [6.07, 6.45) is -1.24. The molecule has 1 saturated heterocycles. The first-order valence-electron chi connectivity index (χ1n) is 13.1. The lowest BCUT2D eigenvalue weighted by Crippen LogP contribution is -2.36. The van der Waals surface area contributed by atoms with Gasteiger partial charge in [-0.25, -0.2) is 13.2 Å². The highest BCUT2D eigenvalue weighted by molar-refractivity contribution is 7.92. The quantitative estimate of drug-likeness (QED) is 0.371. The van der Waals surface area contributed by atoms with Crippen LogP contribution in [0.3, 0.4) is 0 Å². The number of amides is 2. The molecule has 2 aromatic carbocycles. The predicted octanol–water partition coefficient (Wildman–Crippen LogP) is 4.21. The van der Waals surface area contributed by atoms with E-state index < -0.39 is 27.6 Å². The van der Waals surface area contributed by atoms with Gasteiger partial charge in [0.05, 0.1) is 10.3 Å². The number of hydrogen-bond acceptors (Lipinski definition) is 5. The van der Waals surface area contributed by atoms with Crippen LogP contribution in [0, 0.1) is 20.8 Å². The molecule has 1 aliphatic heterocycles. The Morgan fingerprint density at radius 3 is 2.12 bits per heavy atom. The monoisotopic (exact) mass is 597 g/mol. The van der Waals surface area contributed by atoms with Gasteiger partial charge in [0.1, 0.15) is 0 Å². The Hall–Kier alpha value is -3.61. The van der Waals surface area contributed by atoms with E-state index in [1.165, 1.54) is 0 Å². The summed E-state index contributed by atoms with van der Waals surface area (Å²) in [5, 5.41) is 10.1. The minimum atomic E-state index is -5.08. The molecule has 1 heterocycles. The van der Waals surface area contributed by atoms with Crippen LogP contribution in [-0.2, 0) is 29.8 Å². The Kier molecular flexibility index (Phi) is 9.73. The standard InChI is InChI=1S/C26H33N3O4S.C2HF3O2/c1-18-16-20(3)23(17-19(18)2)34(32,33)28-22-9-7-21(8-10-22)26(11-12-26)25(31)27-13-5-15-29-14-4-6-24(29)30;3-2(4,5)1(6)7/h7-10,16-17,28H,4-6,11-15H2,1-3H3,(H,27,31);(H,6,7). The molecule has 9 nitrogen and oxygen atoms in total. The van der Waals surface area contributed by atoms with Crippen molar-refractivity contribution in [2.24, 2.45) is 0 Å². The van der Waals surface area contributed by atoms with E-state index in [1.54, 1.807) is 25.1 Å². The second kappa shape index (κ2) is 12.5. The molecule has 3 N–H and O–H groups in total. The van der Waals surface area contributed by atoms with E-state index in [9.17, 15) is 31.2 Å². The van der Waals surface area contributed by atoms with Crippen molar-refractivity contribution in [3.63, 3.8) is 0 Å². The summed E-state index contributed by atoms with van der Waals surface area (Å²) >= 11 is 0. The van der Waals surface area contributed by atoms with E-state index in [4.69, 9.17) is 9.90 Å². The second-order valence-electron chi connectivity index (χ2n) is 10.4. The number of rotatable bonds is 9. The topological polar surface area (TPSA) is 133 Å². The number of nitrogens with zero attached hydrogens (tertiary/aromatic N) is 1. The van der Waals surface area contributed by atoms with Gasteiger partial charge in [0.25, 0.3) is 10.0 Å². The molecule has 0 bridgehead atoms. The van der Waals surface area contributed by atoms with E-state index in [2.05, 4.69) is 10.0 Å². The van der Waals surface area contributed by atoms with Crippen molar-refractivity contribution in [1.82, 2.24) is 10.2 Å². The van der Waals surface area contributed by atoms with Crippen LogP contribution >= 0.6 is 0 Å². The van der Waals surface area contributed by atoms with Gasteiger partial charge in [0, 0.05) is 31.7 Å². The van der Waals surface area contributed by atoms with Gasteiger partial charge in [-0.3, -0.25) is 14.3 Å². The summed E-state index contributed by atoms with van der Waals surface area (Å²) in [7, 11) is -3.72. The van der Waals surface area contributed by atoms with Gasteiger partial charge in [0.15, 0.2) is 0 Å². The van der Waals surface area contributed by atoms with Crippen molar-refractivity contribution in [2.45, 2.75) is 69.4 Å². The summed E-state index contributed by atoms with van der Waals surface area (Å²) in [4.78, 5) is 35.6. The van der Waals surface area contributed by atoms with Crippen LogP contribution in [0.5, 0.6) is 0 Å². The lowest BCUT2D eigenvalue weighted by atomic mass is 9.95. The molecule has 2 fully saturated rings. The Morgan fingerprint density at radius 1 is 1.02 bits per heavy atom. The fourth-order valence-corrected chi connectivity index (χ4v) is 6.02. The Labute approximate surface area is 237 Å². The van der Waals surface area contributed by atoms with Crippen LogP contribution < -0.4 is 10.0 Å². The van der Waals surface area contributed by atoms with E-state index in [-0.39, 0.29) is 16.7 Å². The molecule has 1 aliphatic carbocycles. The molecule has 1 saturated carbocycles. The molecule has 0 radical (unpaired) electrons. The van der Waals surface area contributed by atoms with Gasteiger partial charge in [-0.1, -0.05) is 18.2 Å².